The maximum atomic E-state index is 12.8. The molecule has 1 aliphatic rings. The number of ether oxygens (including phenoxy) is 1. The lowest BCUT2D eigenvalue weighted by molar-refractivity contribution is -0.145. The number of carbonyl (C=O) groups is 2. The SMILES string of the molecule is COC(=O)[C@@H]1C[C@H](C(=O)NCc2ccon2)[C@H](c2cccc(Cl)c2)N1C. The molecule has 1 aliphatic heterocycles. The first-order valence-corrected chi connectivity index (χ1v) is 8.61. The predicted octanol–water partition coefficient (Wildman–Crippen LogP) is 2.18. The Morgan fingerprint density at radius 2 is 2.23 bits per heavy atom. The van der Waals surface area contributed by atoms with Gasteiger partial charge >= 0.3 is 5.97 Å². The monoisotopic (exact) mass is 377 g/mol. The van der Waals surface area contributed by atoms with E-state index in [0.29, 0.717) is 17.1 Å². The molecule has 8 heteroatoms. The average molecular weight is 378 g/mol. The van der Waals surface area contributed by atoms with Gasteiger partial charge in [0.1, 0.15) is 18.0 Å². The van der Waals surface area contributed by atoms with Crippen LogP contribution in [0.1, 0.15) is 23.7 Å². The van der Waals surface area contributed by atoms with Crippen LogP contribution in [0.3, 0.4) is 0 Å². The lowest BCUT2D eigenvalue weighted by atomic mass is 9.92. The highest BCUT2D eigenvalue weighted by molar-refractivity contribution is 6.30. The Morgan fingerprint density at radius 3 is 2.88 bits per heavy atom. The van der Waals surface area contributed by atoms with Crippen LogP contribution < -0.4 is 5.32 Å². The first kappa shape index (κ1) is 18.4. The third-order valence-corrected chi connectivity index (χ3v) is 4.96. The number of esters is 1. The Kier molecular flexibility index (Phi) is 5.58. The summed E-state index contributed by atoms with van der Waals surface area (Å²) in [7, 11) is 3.17. The quantitative estimate of drug-likeness (QED) is 0.804. The number of methoxy groups -OCH3 is 1. The molecule has 2 heterocycles. The van der Waals surface area contributed by atoms with Crippen LogP contribution in [-0.4, -0.2) is 42.1 Å². The van der Waals surface area contributed by atoms with E-state index in [1.807, 2.05) is 30.1 Å². The number of nitrogens with zero attached hydrogens (tertiary/aromatic N) is 2. The van der Waals surface area contributed by atoms with E-state index in [9.17, 15) is 9.59 Å². The largest absolute Gasteiger partial charge is 0.468 e. The Labute approximate surface area is 156 Å². The number of halogens is 1. The van der Waals surface area contributed by atoms with Gasteiger partial charge in [0, 0.05) is 17.1 Å². The number of likely N-dealkylation sites (tertiary alicyclic amines) is 1. The topological polar surface area (TPSA) is 84.7 Å². The van der Waals surface area contributed by atoms with Crippen LogP contribution in [-0.2, 0) is 20.9 Å². The van der Waals surface area contributed by atoms with Gasteiger partial charge < -0.3 is 14.6 Å². The van der Waals surface area contributed by atoms with Gasteiger partial charge in [-0.15, -0.1) is 0 Å². The van der Waals surface area contributed by atoms with Crippen LogP contribution >= 0.6 is 11.6 Å². The standard InChI is InChI=1S/C18H20ClN3O4/c1-22-15(18(24)25-2)9-14(16(22)11-4-3-5-12(19)8-11)17(23)20-10-13-6-7-26-21-13/h3-8,14-16H,9-10H2,1-2H3,(H,20,23)/t14-,15-,16-/m0/s1. The highest BCUT2D eigenvalue weighted by Gasteiger charge is 2.46. The number of likely N-dealkylation sites (N-methyl/N-ethyl adjacent to an activating group) is 1. The molecule has 0 bridgehead atoms. The van der Waals surface area contributed by atoms with Gasteiger partial charge in [0.2, 0.25) is 5.91 Å². The molecule has 26 heavy (non-hydrogen) atoms. The summed E-state index contributed by atoms with van der Waals surface area (Å²) in [5.74, 6) is -0.933. The van der Waals surface area contributed by atoms with Crippen molar-refractivity contribution in [3.8, 4) is 0 Å². The molecule has 138 valence electrons. The van der Waals surface area contributed by atoms with Crippen molar-refractivity contribution >= 4 is 23.5 Å². The van der Waals surface area contributed by atoms with Gasteiger partial charge in [-0.2, -0.15) is 0 Å². The maximum absolute atomic E-state index is 12.8. The maximum Gasteiger partial charge on any atom is 0.323 e. The van der Waals surface area contributed by atoms with Gasteiger partial charge in [0.25, 0.3) is 0 Å². The summed E-state index contributed by atoms with van der Waals surface area (Å²) in [6.45, 7) is 0.265. The minimum atomic E-state index is -0.494. The summed E-state index contributed by atoms with van der Waals surface area (Å²) in [4.78, 5) is 26.8. The smallest absolute Gasteiger partial charge is 0.323 e. The van der Waals surface area contributed by atoms with Crippen molar-refractivity contribution in [2.75, 3.05) is 14.2 Å². The van der Waals surface area contributed by atoms with Gasteiger partial charge in [-0.05, 0) is 31.2 Å². The van der Waals surface area contributed by atoms with Gasteiger partial charge in [-0.25, -0.2) is 0 Å². The molecule has 1 saturated heterocycles. The van der Waals surface area contributed by atoms with Crippen LogP contribution in [0.4, 0.5) is 0 Å². The molecule has 0 spiro atoms. The van der Waals surface area contributed by atoms with Crippen molar-refractivity contribution < 1.29 is 18.8 Å². The van der Waals surface area contributed by atoms with E-state index in [1.165, 1.54) is 13.4 Å². The van der Waals surface area contributed by atoms with Gasteiger partial charge in [-0.3, -0.25) is 14.5 Å². The zero-order valence-electron chi connectivity index (χ0n) is 14.5. The summed E-state index contributed by atoms with van der Waals surface area (Å²) < 4.78 is 9.67. The molecule has 1 aromatic carbocycles. The number of carbonyl (C=O) groups excluding carboxylic acids is 2. The van der Waals surface area contributed by atoms with E-state index in [0.717, 1.165) is 5.56 Å². The fourth-order valence-corrected chi connectivity index (χ4v) is 3.66. The molecule has 1 N–H and O–H groups in total. The molecule has 0 radical (unpaired) electrons. The van der Waals surface area contributed by atoms with Gasteiger partial charge in [-0.1, -0.05) is 28.9 Å². The third kappa shape index (κ3) is 3.73. The van der Waals surface area contributed by atoms with E-state index in [4.69, 9.17) is 20.9 Å². The van der Waals surface area contributed by atoms with Crippen LogP contribution in [0.5, 0.6) is 0 Å². The van der Waals surface area contributed by atoms with Crippen molar-refractivity contribution in [1.82, 2.24) is 15.4 Å². The molecule has 3 rings (SSSR count). The van der Waals surface area contributed by atoms with Crippen LogP contribution in [0.2, 0.25) is 5.02 Å². The second-order valence-corrected chi connectivity index (χ2v) is 6.69. The van der Waals surface area contributed by atoms with Crippen LogP contribution in [0.15, 0.2) is 41.1 Å². The summed E-state index contributed by atoms with van der Waals surface area (Å²) in [6, 6.07) is 8.25. The fraction of sp³-hybridized carbons (Fsp3) is 0.389. The minimum absolute atomic E-state index is 0.156. The normalized spacial score (nSPS) is 23.0. The Morgan fingerprint density at radius 1 is 1.42 bits per heavy atom. The van der Waals surface area contributed by atoms with Crippen molar-refractivity contribution in [3.63, 3.8) is 0 Å². The number of amides is 1. The zero-order valence-corrected chi connectivity index (χ0v) is 15.3. The molecule has 0 saturated carbocycles. The van der Waals surface area contributed by atoms with Crippen molar-refractivity contribution in [3.05, 3.63) is 52.9 Å². The molecular formula is C18H20ClN3O4. The van der Waals surface area contributed by atoms with E-state index >= 15 is 0 Å². The van der Waals surface area contributed by atoms with E-state index in [-0.39, 0.29) is 24.5 Å². The Hall–Kier alpha value is -2.38. The molecule has 7 nitrogen and oxygen atoms in total. The average Bonchev–Trinajstić information content (AvgIpc) is 3.26. The predicted molar refractivity (Wildman–Crippen MR) is 94.2 cm³/mol. The molecule has 0 unspecified atom stereocenters. The van der Waals surface area contributed by atoms with Crippen molar-refractivity contribution in [2.24, 2.45) is 5.92 Å². The lowest BCUT2D eigenvalue weighted by Crippen LogP contribution is -2.36. The third-order valence-electron chi connectivity index (χ3n) is 4.72. The minimum Gasteiger partial charge on any atom is -0.468 e. The molecule has 1 fully saturated rings. The van der Waals surface area contributed by atoms with E-state index in [2.05, 4.69) is 10.5 Å². The molecule has 1 aromatic heterocycles. The van der Waals surface area contributed by atoms with Crippen LogP contribution in [0.25, 0.3) is 0 Å². The van der Waals surface area contributed by atoms with E-state index < -0.39 is 12.0 Å². The summed E-state index contributed by atoms with van der Waals surface area (Å²) in [6.07, 6.45) is 1.82. The highest BCUT2D eigenvalue weighted by Crippen LogP contribution is 2.41. The van der Waals surface area contributed by atoms with Gasteiger partial charge in [0.15, 0.2) is 0 Å². The zero-order chi connectivity index (χ0) is 18.7. The number of aromatic nitrogens is 1. The number of nitrogens with one attached hydrogen (secondary N) is 1. The Bertz CT molecular complexity index is 781. The summed E-state index contributed by atoms with van der Waals surface area (Å²) in [5, 5.41) is 7.23. The fourth-order valence-electron chi connectivity index (χ4n) is 3.46. The molecule has 2 aromatic rings. The number of benzene rings is 1. The molecule has 0 aliphatic carbocycles. The summed E-state index contributed by atoms with van der Waals surface area (Å²) in [5.41, 5.74) is 1.52. The number of hydrogen-bond donors (Lipinski definition) is 1. The Balaban J connectivity index is 1.83. The van der Waals surface area contributed by atoms with Crippen molar-refractivity contribution in [1.29, 1.82) is 0 Å². The van der Waals surface area contributed by atoms with Crippen molar-refractivity contribution in [2.45, 2.75) is 25.0 Å². The lowest BCUT2D eigenvalue weighted by Gasteiger charge is -2.27. The summed E-state index contributed by atoms with van der Waals surface area (Å²) >= 11 is 6.12. The van der Waals surface area contributed by atoms with E-state index in [1.54, 1.807) is 12.1 Å². The molecular weight excluding hydrogens is 358 g/mol. The second-order valence-electron chi connectivity index (χ2n) is 6.26. The van der Waals surface area contributed by atoms with Gasteiger partial charge in [0.05, 0.1) is 19.6 Å². The second kappa shape index (κ2) is 7.88. The number of hydrogen-bond acceptors (Lipinski definition) is 6. The molecule has 1 amide bonds. The van der Waals surface area contributed by atoms with Crippen LogP contribution in [0, 0.1) is 5.92 Å². The first-order valence-electron chi connectivity index (χ1n) is 8.23. The highest BCUT2D eigenvalue weighted by atomic mass is 35.5. The number of rotatable bonds is 5. The molecule has 3 atom stereocenters. The first-order chi connectivity index (χ1) is 12.5.